The quantitative estimate of drug-likeness (QED) is 0.912. The summed E-state index contributed by atoms with van der Waals surface area (Å²) in [7, 11) is -3.97. The Labute approximate surface area is 113 Å². The Hall–Kier alpha value is -1.39. The first kappa shape index (κ1) is 14.7. The number of benzene rings is 1. The summed E-state index contributed by atoms with van der Waals surface area (Å²) < 4.78 is 24.8. The van der Waals surface area contributed by atoms with Gasteiger partial charge in [-0.3, -0.25) is 0 Å². The van der Waals surface area contributed by atoms with Gasteiger partial charge in [0.1, 0.15) is 0 Å². The van der Waals surface area contributed by atoms with Crippen molar-refractivity contribution in [2.24, 2.45) is 0 Å². The highest BCUT2D eigenvalue weighted by molar-refractivity contribution is 9.10. The number of rotatable bonds is 4. The molecule has 0 aliphatic carbocycles. The maximum Gasteiger partial charge on any atom is 0.337 e. The van der Waals surface area contributed by atoms with E-state index >= 15 is 0 Å². The number of nitrogens with zero attached hydrogens (tertiary/aromatic N) is 1. The van der Waals surface area contributed by atoms with Crippen molar-refractivity contribution in [3.8, 4) is 6.07 Å². The van der Waals surface area contributed by atoms with Crippen LogP contribution in [-0.4, -0.2) is 24.7 Å². The minimum Gasteiger partial charge on any atom is -0.478 e. The largest absolute Gasteiger partial charge is 0.478 e. The second-order valence-corrected chi connectivity index (χ2v) is 6.53. The van der Waals surface area contributed by atoms with Crippen molar-refractivity contribution in [1.29, 1.82) is 5.26 Å². The van der Waals surface area contributed by atoms with Gasteiger partial charge in [-0.2, -0.15) is 5.26 Å². The van der Waals surface area contributed by atoms with Crippen molar-refractivity contribution >= 4 is 31.7 Å². The van der Waals surface area contributed by atoms with Crippen LogP contribution in [-0.2, 0) is 9.84 Å². The number of carbonyl (C=O) groups is 1. The average Bonchev–Trinajstić information content (AvgIpc) is 2.29. The minimum atomic E-state index is -3.97. The molecule has 0 spiro atoms. The first-order valence-corrected chi connectivity index (χ1v) is 7.34. The molecule has 5 nitrogen and oxygen atoms in total. The van der Waals surface area contributed by atoms with Crippen molar-refractivity contribution in [2.75, 3.05) is 0 Å². The fourth-order valence-corrected chi connectivity index (χ4v) is 3.59. The lowest BCUT2D eigenvalue weighted by Crippen LogP contribution is -2.21. The Morgan fingerprint density at radius 2 is 2.17 bits per heavy atom. The van der Waals surface area contributed by atoms with Gasteiger partial charge in [0.05, 0.1) is 16.5 Å². The molecule has 1 aromatic rings. The predicted octanol–water partition coefficient (Wildman–Crippen LogP) is 2.22. The minimum absolute atomic E-state index is 0.102. The van der Waals surface area contributed by atoms with Gasteiger partial charge < -0.3 is 5.11 Å². The maximum atomic E-state index is 12.2. The van der Waals surface area contributed by atoms with Crippen LogP contribution in [0, 0.1) is 11.3 Å². The predicted molar refractivity (Wildman–Crippen MR) is 68.0 cm³/mol. The van der Waals surface area contributed by atoms with Crippen molar-refractivity contribution in [3.63, 3.8) is 0 Å². The smallest absolute Gasteiger partial charge is 0.337 e. The van der Waals surface area contributed by atoms with E-state index in [4.69, 9.17) is 10.4 Å². The number of sulfone groups is 1. The molecular formula is C11H10BrNO4S. The lowest BCUT2D eigenvalue weighted by Gasteiger charge is -2.11. The van der Waals surface area contributed by atoms with Crippen LogP contribution in [0.5, 0.6) is 0 Å². The van der Waals surface area contributed by atoms with Gasteiger partial charge in [0.2, 0.25) is 0 Å². The molecule has 1 rings (SSSR count). The van der Waals surface area contributed by atoms with Crippen LogP contribution in [0.1, 0.15) is 23.7 Å². The lowest BCUT2D eigenvalue weighted by atomic mass is 10.2. The van der Waals surface area contributed by atoms with E-state index in [0.29, 0.717) is 4.47 Å². The third-order valence-corrected chi connectivity index (χ3v) is 5.00. The number of carboxylic acid groups (broad SMARTS) is 1. The first-order chi connectivity index (χ1) is 8.34. The second kappa shape index (κ2) is 5.50. The zero-order chi connectivity index (χ0) is 13.9. The van der Waals surface area contributed by atoms with Crippen LogP contribution in [0.15, 0.2) is 27.6 Å². The summed E-state index contributed by atoms with van der Waals surface area (Å²) in [6, 6.07) is 5.53. The molecule has 96 valence electrons. The summed E-state index contributed by atoms with van der Waals surface area (Å²) in [6.07, 6.45) is 0.102. The standard InChI is InChI=1S/C11H10BrNO4S/c1-2-8(6-13)18(16,17)10-5-7(12)3-4-9(10)11(14)15/h3-5,8H,2H2,1H3,(H,14,15). The fourth-order valence-electron chi connectivity index (χ4n) is 1.44. The van der Waals surface area contributed by atoms with Gasteiger partial charge in [-0.05, 0) is 24.6 Å². The van der Waals surface area contributed by atoms with Crippen molar-refractivity contribution < 1.29 is 18.3 Å². The molecule has 0 fully saturated rings. The Morgan fingerprint density at radius 3 is 2.61 bits per heavy atom. The average molecular weight is 332 g/mol. The van der Waals surface area contributed by atoms with E-state index in [1.807, 2.05) is 0 Å². The molecule has 0 bridgehead atoms. The lowest BCUT2D eigenvalue weighted by molar-refractivity contribution is 0.0692. The van der Waals surface area contributed by atoms with Gasteiger partial charge in [0.15, 0.2) is 15.1 Å². The summed E-state index contributed by atoms with van der Waals surface area (Å²) in [5, 5.41) is 16.6. The van der Waals surface area contributed by atoms with E-state index in [2.05, 4.69) is 15.9 Å². The molecule has 0 heterocycles. The zero-order valence-corrected chi connectivity index (χ0v) is 11.8. The Balaban J connectivity index is 3.55. The Bertz CT molecular complexity index is 618. The maximum absolute atomic E-state index is 12.2. The Morgan fingerprint density at radius 1 is 1.56 bits per heavy atom. The first-order valence-electron chi connectivity index (χ1n) is 5.01. The normalized spacial score (nSPS) is 12.7. The summed E-state index contributed by atoms with van der Waals surface area (Å²) in [5.74, 6) is -1.34. The van der Waals surface area contributed by atoms with Crippen LogP contribution in [0.25, 0.3) is 0 Å². The van der Waals surface area contributed by atoms with Gasteiger partial charge in [-0.25, -0.2) is 13.2 Å². The highest BCUT2D eigenvalue weighted by Crippen LogP contribution is 2.25. The number of hydrogen-bond donors (Lipinski definition) is 1. The molecule has 0 radical (unpaired) electrons. The monoisotopic (exact) mass is 331 g/mol. The molecule has 1 atom stereocenters. The summed E-state index contributed by atoms with van der Waals surface area (Å²) in [5.41, 5.74) is -0.327. The van der Waals surface area contributed by atoms with E-state index in [0.717, 1.165) is 0 Å². The molecule has 0 amide bonds. The molecule has 0 aliphatic rings. The highest BCUT2D eigenvalue weighted by Gasteiger charge is 2.30. The summed E-state index contributed by atoms with van der Waals surface area (Å²) in [6.45, 7) is 1.56. The molecular weight excluding hydrogens is 322 g/mol. The number of aromatic carboxylic acids is 1. The van der Waals surface area contributed by atoms with Gasteiger partial charge in [0, 0.05) is 4.47 Å². The molecule has 0 saturated heterocycles. The molecule has 0 saturated carbocycles. The van der Waals surface area contributed by atoms with Crippen LogP contribution in [0.4, 0.5) is 0 Å². The van der Waals surface area contributed by atoms with Gasteiger partial charge in [0.25, 0.3) is 0 Å². The number of halogens is 1. The van der Waals surface area contributed by atoms with E-state index < -0.39 is 21.1 Å². The van der Waals surface area contributed by atoms with E-state index in [1.54, 1.807) is 13.0 Å². The van der Waals surface area contributed by atoms with Gasteiger partial charge in [-0.15, -0.1) is 0 Å². The van der Waals surface area contributed by atoms with Crippen LogP contribution in [0.2, 0.25) is 0 Å². The molecule has 1 N–H and O–H groups in total. The highest BCUT2D eigenvalue weighted by atomic mass is 79.9. The third kappa shape index (κ3) is 2.71. The van der Waals surface area contributed by atoms with Crippen LogP contribution < -0.4 is 0 Å². The molecule has 1 aromatic carbocycles. The fraction of sp³-hybridized carbons (Fsp3) is 0.273. The molecule has 1 unspecified atom stereocenters. The molecule has 7 heteroatoms. The molecule has 0 aromatic heterocycles. The topological polar surface area (TPSA) is 95.2 Å². The summed E-state index contributed by atoms with van der Waals surface area (Å²) in [4.78, 5) is 10.7. The van der Waals surface area contributed by atoms with E-state index in [-0.39, 0.29) is 16.9 Å². The number of hydrogen-bond acceptors (Lipinski definition) is 4. The SMILES string of the molecule is CCC(C#N)S(=O)(=O)c1cc(Br)ccc1C(=O)O. The van der Waals surface area contributed by atoms with Gasteiger partial charge in [-0.1, -0.05) is 22.9 Å². The van der Waals surface area contributed by atoms with Crippen LogP contribution >= 0.6 is 15.9 Å². The van der Waals surface area contributed by atoms with Crippen molar-refractivity contribution in [2.45, 2.75) is 23.5 Å². The van der Waals surface area contributed by atoms with Gasteiger partial charge >= 0.3 is 5.97 Å². The van der Waals surface area contributed by atoms with Crippen molar-refractivity contribution in [3.05, 3.63) is 28.2 Å². The number of nitriles is 1. The zero-order valence-electron chi connectivity index (χ0n) is 9.42. The third-order valence-electron chi connectivity index (χ3n) is 2.37. The van der Waals surface area contributed by atoms with Crippen LogP contribution in [0.3, 0.4) is 0 Å². The summed E-state index contributed by atoms with van der Waals surface area (Å²) >= 11 is 3.09. The molecule has 18 heavy (non-hydrogen) atoms. The van der Waals surface area contributed by atoms with Crippen molar-refractivity contribution in [1.82, 2.24) is 0 Å². The molecule has 0 aliphatic heterocycles. The second-order valence-electron chi connectivity index (χ2n) is 3.52. The number of carboxylic acids is 1. The van der Waals surface area contributed by atoms with E-state index in [9.17, 15) is 13.2 Å². The van der Waals surface area contributed by atoms with E-state index in [1.165, 1.54) is 18.2 Å². The Kier molecular flexibility index (Phi) is 4.48.